The van der Waals surface area contributed by atoms with Gasteiger partial charge in [0, 0.05) is 31.7 Å². The molecule has 8 atom stereocenters. The van der Waals surface area contributed by atoms with E-state index in [1.807, 2.05) is 12.1 Å². The summed E-state index contributed by atoms with van der Waals surface area (Å²) in [6.07, 6.45) is 15.7. The van der Waals surface area contributed by atoms with Gasteiger partial charge in [0.05, 0.1) is 24.2 Å². The van der Waals surface area contributed by atoms with E-state index in [1.54, 1.807) is 0 Å². The number of benzene rings is 1. The van der Waals surface area contributed by atoms with Crippen LogP contribution in [0.25, 0.3) is 5.57 Å². The van der Waals surface area contributed by atoms with E-state index >= 15 is 0 Å². The van der Waals surface area contributed by atoms with Crippen molar-refractivity contribution in [1.29, 1.82) is 0 Å². The van der Waals surface area contributed by atoms with E-state index in [9.17, 15) is 13.2 Å². The van der Waals surface area contributed by atoms with Gasteiger partial charge in [-0.1, -0.05) is 59.2 Å². The summed E-state index contributed by atoms with van der Waals surface area (Å²) in [6.45, 7) is 16.4. The van der Waals surface area contributed by atoms with Crippen LogP contribution in [0.2, 0.25) is 0 Å². The van der Waals surface area contributed by atoms with Crippen molar-refractivity contribution in [3.8, 4) is 0 Å². The summed E-state index contributed by atoms with van der Waals surface area (Å²) < 4.78 is 28.8. The predicted octanol–water partition coefficient (Wildman–Crippen LogP) is 7.39. The van der Waals surface area contributed by atoms with E-state index < -0.39 is 9.84 Å². The van der Waals surface area contributed by atoms with Crippen LogP contribution in [-0.2, 0) is 14.6 Å². The van der Waals surface area contributed by atoms with E-state index in [0.717, 1.165) is 37.3 Å². The van der Waals surface area contributed by atoms with Gasteiger partial charge in [0.2, 0.25) is 0 Å². The molecule has 5 fully saturated rings. The van der Waals surface area contributed by atoms with Gasteiger partial charge in [0.25, 0.3) is 0 Å². The van der Waals surface area contributed by atoms with E-state index in [2.05, 4.69) is 63.0 Å². The first-order chi connectivity index (χ1) is 22.2. The molecule has 6 aliphatic rings. The topological polar surface area (TPSA) is 75.7 Å². The maximum atomic E-state index is 12.1. The van der Waals surface area contributed by atoms with Crippen molar-refractivity contribution in [3.05, 3.63) is 41.5 Å². The molecule has 0 amide bonds. The summed E-state index contributed by atoms with van der Waals surface area (Å²) in [5.41, 5.74) is 4.63. The van der Waals surface area contributed by atoms with Crippen LogP contribution in [0, 0.1) is 45.3 Å². The lowest BCUT2D eigenvalue weighted by atomic mass is 9.33. The molecule has 0 spiro atoms. The Morgan fingerprint density at radius 2 is 1.60 bits per heavy atom. The summed E-state index contributed by atoms with van der Waals surface area (Å²) in [5, 5.41) is 4.17. The molecule has 6 nitrogen and oxygen atoms in total. The van der Waals surface area contributed by atoms with Crippen LogP contribution in [0.1, 0.15) is 115 Å². The first-order valence-electron chi connectivity index (χ1n) is 18.8. The molecule has 7 rings (SSSR count). The first-order valence-corrected chi connectivity index (χ1v) is 20.6. The van der Waals surface area contributed by atoms with Gasteiger partial charge >= 0.3 is 5.97 Å². The van der Waals surface area contributed by atoms with Crippen LogP contribution in [0.5, 0.6) is 0 Å². The Balaban J connectivity index is 1.10. The SMILES string of the molecule is COC(=O)c1ccc(C2=CC[C@]3(C)[C@H]4CC[C@@H]5[C@H]6CCC[C@]6(NCCN6CCS(=O)(=O)CC6)CC[C@@]5(C)[C@]4(C)CC[C@H]3C2(C)C)cc1. The Morgan fingerprint density at radius 3 is 2.30 bits per heavy atom. The lowest BCUT2D eigenvalue weighted by molar-refractivity contribution is -0.217. The second-order valence-corrected chi connectivity index (χ2v) is 20.2. The molecule has 1 saturated heterocycles. The third kappa shape index (κ3) is 5.21. The van der Waals surface area contributed by atoms with E-state index in [0.29, 0.717) is 46.9 Å². The third-order valence-corrected chi connectivity index (χ3v) is 17.5. The number of fused-ring (bicyclic) bond motifs is 7. The standard InChI is InChI=1S/C40H60N2O4S/c1-36(2)30(28-9-11-29(12-10-28)35(43)46-6)15-18-37(3)33(36)16-19-39(5)34(37)14-13-31-32-8-7-17-40(32,21-20-38(31,39)4)41-22-23-42-24-26-47(44,45)27-25-42/h9-12,15,31-34,41H,7-8,13-14,16-27H2,1-6H3/t31-,32-,33+,34-,37+,38-,39-,40+/m1/s1. The van der Waals surface area contributed by atoms with Gasteiger partial charge in [-0.15, -0.1) is 0 Å². The molecule has 0 bridgehead atoms. The van der Waals surface area contributed by atoms with E-state index in [4.69, 9.17) is 4.74 Å². The minimum atomic E-state index is -2.83. The Labute approximate surface area is 284 Å². The fraction of sp³-hybridized carbons (Fsp3) is 0.775. The molecule has 5 aliphatic carbocycles. The molecule has 0 unspecified atom stereocenters. The largest absolute Gasteiger partial charge is 0.465 e. The Morgan fingerprint density at radius 1 is 0.872 bits per heavy atom. The van der Waals surface area contributed by atoms with Crippen molar-refractivity contribution in [2.45, 2.75) is 104 Å². The van der Waals surface area contributed by atoms with E-state index in [-0.39, 0.29) is 22.3 Å². The van der Waals surface area contributed by atoms with Crippen LogP contribution >= 0.6 is 0 Å². The zero-order valence-electron chi connectivity index (χ0n) is 30.0. The lowest BCUT2D eigenvalue weighted by Crippen LogP contribution is -2.67. The quantitative estimate of drug-likeness (QED) is 0.320. The maximum Gasteiger partial charge on any atom is 0.337 e. The van der Waals surface area contributed by atoms with Gasteiger partial charge in [0.1, 0.15) is 0 Å². The molecular weight excluding hydrogens is 605 g/mol. The van der Waals surface area contributed by atoms with Gasteiger partial charge in [-0.05, 0) is 126 Å². The average Bonchev–Trinajstić information content (AvgIpc) is 3.46. The zero-order valence-corrected chi connectivity index (χ0v) is 30.8. The molecular formula is C40H60N2O4S. The highest BCUT2D eigenvalue weighted by molar-refractivity contribution is 7.91. The summed E-state index contributed by atoms with van der Waals surface area (Å²) >= 11 is 0. The zero-order chi connectivity index (χ0) is 33.5. The van der Waals surface area contributed by atoms with Gasteiger partial charge in [-0.2, -0.15) is 0 Å². The molecule has 7 heteroatoms. The van der Waals surface area contributed by atoms with E-state index in [1.165, 1.54) is 76.0 Å². The van der Waals surface area contributed by atoms with Crippen molar-refractivity contribution in [1.82, 2.24) is 10.2 Å². The van der Waals surface area contributed by atoms with Crippen LogP contribution in [0.4, 0.5) is 0 Å². The van der Waals surface area contributed by atoms with Crippen molar-refractivity contribution >= 4 is 21.4 Å². The number of carbonyl (C=O) groups is 1. The fourth-order valence-electron chi connectivity index (χ4n) is 13.3. The average molecular weight is 665 g/mol. The van der Waals surface area contributed by atoms with Crippen LogP contribution in [0.3, 0.4) is 0 Å². The van der Waals surface area contributed by atoms with Gasteiger partial charge in [0.15, 0.2) is 9.84 Å². The number of sulfone groups is 1. The number of rotatable bonds is 6. The van der Waals surface area contributed by atoms with Crippen molar-refractivity contribution in [2.24, 2.45) is 45.3 Å². The molecule has 1 aromatic rings. The summed E-state index contributed by atoms with van der Waals surface area (Å²) in [7, 11) is -1.39. The summed E-state index contributed by atoms with van der Waals surface area (Å²) in [4.78, 5) is 14.4. The molecule has 47 heavy (non-hydrogen) atoms. The molecule has 1 aliphatic heterocycles. The molecule has 1 N–H and O–H groups in total. The number of methoxy groups -OCH3 is 1. The lowest BCUT2D eigenvalue weighted by Gasteiger charge is -2.72. The maximum absolute atomic E-state index is 12.1. The normalized spacial score (nSPS) is 42.3. The van der Waals surface area contributed by atoms with Crippen molar-refractivity contribution in [3.63, 3.8) is 0 Å². The number of nitrogens with one attached hydrogen (secondary N) is 1. The molecule has 0 aromatic heterocycles. The van der Waals surface area contributed by atoms with Crippen LogP contribution in [0.15, 0.2) is 30.3 Å². The Bertz CT molecular complexity index is 1500. The first kappa shape index (κ1) is 33.8. The van der Waals surface area contributed by atoms with Crippen molar-refractivity contribution in [2.75, 3.05) is 44.8 Å². The number of esters is 1. The monoisotopic (exact) mass is 664 g/mol. The predicted molar refractivity (Wildman–Crippen MR) is 190 cm³/mol. The number of hydrogen-bond donors (Lipinski definition) is 1. The number of hydrogen-bond acceptors (Lipinski definition) is 6. The summed E-state index contributed by atoms with van der Waals surface area (Å²) in [6, 6.07) is 8.10. The highest BCUT2D eigenvalue weighted by Crippen LogP contribution is 2.76. The molecule has 4 saturated carbocycles. The Kier molecular flexibility index (Phi) is 8.40. The molecule has 260 valence electrons. The highest BCUT2D eigenvalue weighted by atomic mass is 32.2. The third-order valence-electron chi connectivity index (χ3n) is 15.9. The van der Waals surface area contributed by atoms with Crippen LogP contribution < -0.4 is 5.32 Å². The minimum Gasteiger partial charge on any atom is -0.465 e. The fourth-order valence-corrected chi connectivity index (χ4v) is 14.6. The van der Waals surface area contributed by atoms with Crippen LogP contribution in [-0.4, -0.2) is 69.6 Å². The van der Waals surface area contributed by atoms with Gasteiger partial charge in [-0.3, -0.25) is 0 Å². The number of carbonyl (C=O) groups excluding carboxylic acids is 1. The second-order valence-electron chi connectivity index (χ2n) is 17.9. The van der Waals surface area contributed by atoms with Gasteiger partial charge < -0.3 is 15.0 Å². The number of nitrogens with zero attached hydrogens (tertiary/aromatic N) is 1. The number of allylic oxidation sites excluding steroid dienone is 2. The molecule has 0 radical (unpaired) electrons. The Hall–Kier alpha value is -1.70. The number of ether oxygens (including phenoxy) is 1. The highest BCUT2D eigenvalue weighted by Gasteiger charge is 2.69. The van der Waals surface area contributed by atoms with Crippen molar-refractivity contribution < 1.29 is 17.9 Å². The minimum absolute atomic E-state index is 0.0640. The second kappa shape index (κ2) is 11.7. The smallest absolute Gasteiger partial charge is 0.337 e. The van der Waals surface area contributed by atoms with Gasteiger partial charge in [-0.25, -0.2) is 13.2 Å². The summed E-state index contributed by atoms with van der Waals surface area (Å²) in [5.74, 6) is 3.26. The molecule has 1 heterocycles. The molecule has 1 aromatic carbocycles.